The third-order valence-electron chi connectivity index (χ3n) is 8.38. The molecular weight excluding hydrogens is 450 g/mol. The van der Waals surface area contributed by atoms with E-state index < -0.39 is 0 Å². The smallest absolute Gasteiger partial charge is 0.129 e. The van der Waals surface area contributed by atoms with Gasteiger partial charge in [-0.1, -0.05) is 93.7 Å². The second-order valence-electron chi connectivity index (χ2n) is 10.7. The van der Waals surface area contributed by atoms with E-state index in [4.69, 9.17) is 5.41 Å². The molecule has 1 fully saturated rings. The highest BCUT2D eigenvalue weighted by molar-refractivity contribution is 6.30. The van der Waals surface area contributed by atoms with Crippen molar-refractivity contribution in [1.82, 2.24) is 9.13 Å². The van der Waals surface area contributed by atoms with Gasteiger partial charge in [0.25, 0.3) is 0 Å². The van der Waals surface area contributed by atoms with Gasteiger partial charge in [-0.3, -0.25) is 9.98 Å². The molecule has 2 heterocycles. The lowest BCUT2D eigenvalue weighted by atomic mass is 9.84. The largest absolute Gasteiger partial charge is 0.340 e. The summed E-state index contributed by atoms with van der Waals surface area (Å²) in [5, 5.41) is 14.2. The number of aryl methyl sites for hydroxylation is 1. The Hall–Kier alpha value is -3.59. The van der Waals surface area contributed by atoms with Crippen molar-refractivity contribution in [3.05, 3.63) is 85.0 Å². The van der Waals surface area contributed by atoms with Crippen molar-refractivity contribution in [3.8, 4) is 0 Å². The Labute approximate surface area is 219 Å². The number of aromatic nitrogens is 2. The molecular formula is C34H37N3. The number of rotatable bonds is 7. The Bertz CT molecular complexity index is 1650. The summed E-state index contributed by atoms with van der Waals surface area (Å²) in [4.78, 5) is 0. The maximum absolute atomic E-state index is 9.14. The molecule has 0 spiro atoms. The van der Waals surface area contributed by atoms with E-state index >= 15 is 0 Å². The lowest BCUT2D eigenvalue weighted by Gasteiger charge is -2.21. The molecule has 1 aliphatic rings. The molecule has 0 saturated heterocycles. The minimum absolute atomic E-state index is 0.495. The van der Waals surface area contributed by atoms with Crippen LogP contribution in [0.15, 0.2) is 85.0 Å². The number of nitrogens with one attached hydrogen (secondary N) is 1. The van der Waals surface area contributed by atoms with Crippen LogP contribution in [0, 0.1) is 11.3 Å². The van der Waals surface area contributed by atoms with E-state index in [1.165, 1.54) is 89.5 Å². The van der Waals surface area contributed by atoms with Crippen molar-refractivity contribution >= 4 is 49.4 Å². The number of unbranched alkanes of at least 4 members (excludes halogenated alkanes) is 2. The van der Waals surface area contributed by atoms with E-state index in [1.54, 1.807) is 0 Å². The van der Waals surface area contributed by atoms with Gasteiger partial charge in [-0.05, 0) is 55.5 Å². The van der Waals surface area contributed by atoms with Crippen LogP contribution in [0.3, 0.4) is 0 Å². The molecule has 188 valence electrons. The second-order valence-corrected chi connectivity index (χ2v) is 10.7. The van der Waals surface area contributed by atoms with Crippen LogP contribution in [0.2, 0.25) is 0 Å². The molecule has 3 heteroatoms. The van der Waals surface area contributed by atoms with Gasteiger partial charge in [0, 0.05) is 39.1 Å². The fourth-order valence-electron chi connectivity index (χ4n) is 6.49. The lowest BCUT2D eigenvalue weighted by Crippen LogP contribution is -2.09. The maximum Gasteiger partial charge on any atom is 0.129 e. The molecule has 37 heavy (non-hydrogen) atoms. The zero-order chi connectivity index (χ0) is 25.4. The van der Waals surface area contributed by atoms with Crippen LogP contribution in [-0.4, -0.2) is 15.0 Å². The van der Waals surface area contributed by atoms with Gasteiger partial charge in [0.05, 0.1) is 11.0 Å². The van der Waals surface area contributed by atoms with Gasteiger partial charge < -0.3 is 4.57 Å². The third kappa shape index (κ3) is 4.11. The lowest BCUT2D eigenvalue weighted by molar-refractivity contribution is 0.409. The van der Waals surface area contributed by atoms with E-state index in [2.05, 4.69) is 89.4 Å². The first-order chi connectivity index (χ1) is 18.2. The molecule has 3 nitrogen and oxygen atoms in total. The Morgan fingerprint density at radius 1 is 0.811 bits per heavy atom. The van der Waals surface area contributed by atoms with Crippen LogP contribution in [0.25, 0.3) is 43.6 Å². The van der Waals surface area contributed by atoms with Gasteiger partial charge in [0.2, 0.25) is 0 Å². The summed E-state index contributed by atoms with van der Waals surface area (Å²) in [7, 11) is 0. The first kappa shape index (κ1) is 23.8. The van der Waals surface area contributed by atoms with Gasteiger partial charge in [-0.15, -0.1) is 0 Å². The number of fused-ring (bicyclic) bond motifs is 7. The normalized spacial score (nSPS) is 15.1. The minimum atomic E-state index is 0.495. The molecule has 5 aromatic rings. The van der Waals surface area contributed by atoms with Crippen LogP contribution in [-0.2, 0) is 6.54 Å². The van der Waals surface area contributed by atoms with Crippen molar-refractivity contribution in [2.45, 2.75) is 64.8 Å². The first-order valence-electron chi connectivity index (χ1n) is 14.1. The van der Waals surface area contributed by atoms with Crippen LogP contribution >= 0.6 is 0 Å². The zero-order valence-corrected chi connectivity index (χ0v) is 22.0. The topological polar surface area (TPSA) is 33.7 Å². The standard InChI is InChI=1S/C34H37N3/c1-3-4-12-23-36-28-17-10-8-15-26(28)33-30(36)20-21-31-34(33)27-16-9-11-18-29(27)37(31)32(35)22-19-24(2)25-13-6-5-7-14-25/h8-11,15-22,25,35H,2-7,12-14,23H2,1H3/b22-19-,35-32?. The molecule has 3 aromatic carbocycles. The van der Waals surface area contributed by atoms with Crippen LogP contribution in [0.4, 0.5) is 0 Å². The van der Waals surface area contributed by atoms with Crippen molar-refractivity contribution < 1.29 is 0 Å². The highest BCUT2D eigenvalue weighted by Crippen LogP contribution is 2.40. The average Bonchev–Trinajstić information content (AvgIpc) is 3.45. The number of para-hydroxylation sites is 2. The fourth-order valence-corrected chi connectivity index (χ4v) is 6.49. The van der Waals surface area contributed by atoms with E-state index in [9.17, 15) is 0 Å². The fraction of sp³-hybridized carbons (Fsp3) is 0.324. The second kappa shape index (κ2) is 10.0. The summed E-state index contributed by atoms with van der Waals surface area (Å²) in [5.74, 6) is 1.06. The summed E-state index contributed by atoms with van der Waals surface area (Å²) in [5.41, 5.74) is 5.95. The molecule has 1 aliphatic carbocycles. The summed E-state index contributed by atoms with van der Waals surface area (Å²) >= 11 is 0. The molecule has 0 atom stereocenters. The quantitative estimate of drug-likeness (QED) is 0.103. The Morgan fingerprint density at radius 3 is 2.22 bits per heavy atom. The monoisotopic (exact) mass is 487 g/mol. The summed E-state index contributed by atoms with van der Waals surface area (Å²) in [6, 6.07) is 21.9. The number of hydrogen-bond acceptors (Lipinski definition) is 1. The molecule has 2 aromatic heterocycles. The maximum atomic E-state index is 9.14. The summed E-state index contributed by atoms with van der Waals surface area (Å²) in [6.07, 6.45) is 14.1. The van der Waals surface area contributed by atoms with E-state index in [0.29, 0.717) is 11.8 Å². The molecule has 0 amide bonds. The van der Waals surface area contributed by atoms with Gasteiger partial charge in [-0.25, -0.2) is 0 Å². The van der Waals surface area contributed by atoms with Gasteiger partial charge in [0.1, 0.15) is 5.84 Å². The highest BCUT2D eigenvalue weighted by atomic mass is 15.0. The molecule has 6 rings (SSSR count). The van der Waals surface area contributed by atoms with Gasteiger partial charge in [0.15, 0.2) is 0 Å². The van der Waals surface area contributed by atoms with E-state index in [0.717, 1.165) is 17.6 Å². The SMILES string of the molecule is C=C(/C=C\C(=N)n1c2ccccc2c2c3c4ccccc4n(CCCCC)c3ccc21)C1CCCCC1. The zero-order valence-electron chi connectivity index (χ0n) is 22.0. The van der Waals surface area contributed by atoms with Crippen LogP contribution in [0.1, 0.15) is 58.3 Å². The summed E-state index contributed by atoms with van der Waals surface area (Å²) < 4.78 is 4.63. The molecule has 0 bridgehead atoms. The molecule has 1 saturated carbocycles. The van der Waals surface area contributed by atoms with Crippen LogP contribution < -0.4 is 0 Å². The molecule has 1 N–H and O–H groups in total. The average molecular weight is 488 g/mol. The van der Waals surface area contributed by atoms with Crippen molar-refractivity contribution in [1.29, 1.82) is 5.41 Å². The number of allylic oxidation sites excluding steroid dienone is 3. The summed E-state index contributed by atoms with van der Waals surface area (Å²) in [6.45, 7) is 7.66. The third-order valence-corrected chi connectivity index (χ3v) is 8.38. The molecule has 0 unspecified atom stereocenters. The predicted molar refractivity (Wildman–Crippen MR) is 160 cm³/mol. The Balaban J connectivity index is 1.52. The Kier molecular flexibility index (Phi) is 6.46. The molecule has 0 radical (unpaired) electrons. The van der Waals surface area contributed by atoms with Crippen molar-refractivity contribution in [2.75, 3.05) is 0 Å². The number of hydrogen-bond donors (Lipinski definition) is 1. The van der Waals surface area contributed by atoms with Gasteiger partial charge in [-0.2, -0.15) is 0 Å². The van der Waals surface area contributed by atoms with E-state index in [1.807, 2.05) is 6.08 Å². The van der Waals surface area contributed by atoms with Crippen molar-refractivity contribution in [3.63, 3.8) is 0 Å². The number of nitrogens with zero attached hydrogens (tertiary/aromatic N) is 2. The Morgan fingerprint density at radius 2 is 1.46 bits per heavy atom. The molecule has 0 aliphatic heterocycles. The predicted octanol–water partition coefficient (Wildman–Crippen LogP) is 9.61. The van der Waals surface area contributed by atoms with Gasteiger partial charge >= 0.3 is 0 Å². The number of benzene rings is 3. The van der Waals surface area contributed by atoms with E-state index in [-0.39, 0.29) is 0 Å². The van der Waals surface area contributed by atoms with Crippen molar-refractivity contribution in [2.24, 2.45) is 5.92 Å². The minimum Gasteiger partial charge on any atom is -0.340 e. The highest BCUT2D eigenvalue weighted by Gasteiger charge is 2.20. The first-order valence-corrected chi connectivity index (χ1v) is 14.1. The van der Waals surface area contributed by atoms with Crippen LogP contribution in [0.5, 0.6) is 0 Å².